The van der Waals surface area contributed by atoms with Crippen LogP contribution in [0.25, 0.3) is 0 Å². The third-order valence-corrected chi connectivity index (χ3v) is 1.96. The summed E-state index contributed by atoms with van der Waals surface area (Å²) in [6.07, 6.45) is 1.97. The monoisotopic (exact) mass is 179 g/mol. The number of hydrogen-bond donors (Lipinski definition) is 1. The second kappa shape index (κ2) is 3.64. The van der Waals surface area contributed by atoms with E-state index in [0.717, 1.165) is 12.8 Å². The molecule has 0 amide bonds. The van der Waals surface area contributed by atoms with E-state index < -0.39 is 0 Å². The SMILES string of the molecule is O=c1[nH]c(=O)n2n1CCCC2.[NaH]. The van der Waals surface area contributed by atoms with E-state index in [2.05, 4.69) is 4.98 Å². The van der Waals surface area contributed by atoms with Crippen LogP contribution in [-0.2, 0) is 13.1 Å². The summed E-state index contributed by atoms with van der Waals surface area (Å²) in [6.45, 7) is 1.33. The molecule has 0 bridgehead atoms. The zero-order valence-electron chi connectivity index (χ0n) is 6.04. The standard InChI is InChI=1S/C6H9N3O2.Na.H/c10-5-7-6(11)9-4-2-1-3-8(5)9;;/h1-4H2,(H,7,10,11);;. The van der Waals surface area contributed by atoms with Gasteiger partial charge in [-0.25, -0.2) is 19.0 Å². The van der Waals surface area contributed by atoms with Crippen LogP contribution in [0.2, 0.25) is 0 Å². The zero-order valence-corrected chi connectivity index (χ0v) is 6.04. The van der Waals surface area contributed by atoms with Gasteiger partial charge in [0.25, 0.3) is 0 Å². The van der Waals surface area contributed by atoms with Gasteiger partial charge in [-0.3, -0.25) is 4.98 Å². The molecular weight excluding hydrogens is 169 g/mol. The minimum atomic E-state index is -0.283. The molecule has 1 aliphatic heterocycles. The van der Waals surface area contributed by atoms with Gasteiger partial charge in [-0.2, -0.15) is 0 Å². The van der Waals surface area contributed by atoms with E-state index in [1.54, 1.807) is 0 Å². The van der Waals surface area contributed by atoms with Crippen molar-refractivity contribution in [3.63, 3.8) is 0 Å². The Morgan fingerprint density at radius 1 is 1.00 bits per heavy atom. The molecule has 0 unspecified atom stereocenters. The Kier molecular flexibility index (Phi) is 2.98. The van der Waals surface area contributed by atoms with Crippen LogP contribution in [0.1, 0.15) is 12.8 Å². The van der Waals surface area contributed by atoms with Gasteiger partial charge in [-0.1, -0.05) is 0 Å². The second-order valence-corrected chi connectivity index (χ2v) is 2.69. The average molecular weight is 179 g/mol. The predicted octanol–water partition coefficient (Wildman–Crippen LogP) is -1.52. The van der Waals surface area contributed by atoms with Gasteiger partial charge in [-0.05, 0) is 12.8 Å². The predicted molar refractivity (Wildman–Crippen MR) is 45.7 cm³/mol. The van der Waals surface area contributed by atoms with E-state index >= 15 is 0 Å². The van der Waals surface area contributed by atoms with Crippen molar-refractivity contribution in [3.05, 3.63) is 21.0 Å². The molecule has 0 fully saturated rings. The maximum absolute atomic E-state index is 11.0. The van der Waals surface area contributed by atoms with Crippen molar-refractivity contribution in [2.75, 3.05) is 0 Å². The molecule has 0 aliphatic carbocycles. The first-order valence-corrected chi connectivity index (χ1v) is 3.69. The van der Waals surface area contributed by atoms with Crippen LogP contribution in [0.15, 0.2) is 9.59 Å². The van der Waals surface area contributed by atoms with Gasteiger partial charge < -0.3 is 0 Å². The molecule has 0 spiro atoms. The zero-order chi connectivity index (χ0) is 7.84. The minimum absolute atomic E-state index is 0. The first-order chi connectivity index (χ1) is 5.29. The molecule has 0 radical (unpaired) electrons. The van der Waals surface area contributed by atoms with Crippen molar-refractivity contribution in [1.82, 2.24) is 14.3 Å². The summed E-state index contributed by atoms with van der Waals surface area (Å²) in [5, 5.41) is 0. The topological polar surface area (TPSA) is 59.8 Å². The first-order valence-electron chi connectivity index (χ1n) is 3.69. The van der Waals surface area contributed by atoms with Gasteiger partial charge in [0.1, 0.15) is 0 Å². The molecule has 0 aromatic carbocycles. The van der Waals surface area contributed by atoms with Crippen molar-refractivity contribution in [1.29, 1.82) is 0 Å². The third kappa shape index (κ3) is 1.44. The molecule has 1 aliphatic rings. The number of H-pyrrole nitrogens is 1. The normalized spacial score (nSPS) is 15.0. The van der Waals surface area contributed by atoms with Crippen LogP contribution in [0.5, 0.6) is 0 Å². The summed E-state index contributed by atoms with van der Waals surface area (Å²) >= 11 is 0. The number of fused-ring (bicyclic) bond motifs is 1. The fraction of sp³-hybridized carbons (Fsp3) is 0.667. The molecule has 2 rings (SSSR count). The number of hydrogen-bond acceptors (Lipinski definition) is 2. The quantitative estimate of drug-likeness (QED) is 0.492. The molecule has 1 N–H and O–H groups in total. The van der Waals surface area contributed by atoms with Gasteiger partial charge >= 0.3 is 40.9 Å². The number of aromatic nitrogens is 3. The maximum atomic E-state index is 11.0. The number of nitrogens with zero attached hydrogens (tertiary/aromatic N) is 2. The summed E-state index contributed by atoms with van der Waals surface area (Å²) in [7, 11) is 0. The van der Waals surface area contributed by atoms with Gasteiger partial charge in [0, 0.05) is 13.1 Å². The number of nitrogens with one attached hydrogen (secondary N) is 1. The number of aromatic amines is 1. The van der Waals surface area contributed by atoms with E-state index in [0.29, 0.717) is 13.1 Å². The molecule has 1 aromatic heterocycles. The Bertz CT molecular complexity index is 340. The third-order valence-electron chi connectivity index (χ3n) is 1.96. The summed E-state index contributed by atoms with van der Waals surface area (Å²) < 4.78 is 2.93. The Morgan fingerprint density at radius 3 is 1.83 bits per heavy atom. The summed E-state index contributed by atoms with van der Waals surface area (Å²) in [4.78, 5) is 24.2. The fourth-order valence-corrected chi connectivity index (χ4v) is 1.41. The van der Waals surface area contributed by atoms with Crippen LogP contribution < -0.4 is 11.4 Å². The van der Waals surface area contributed by atoms with Gasteiger partial charge in [0.15, 0.2) is 0 Å². The average Bonchev–Trinajstić information content (AvgIpc) is 2.30. The van der Waals surface area contributed by atoms with Crippen molar-refractivity contribution in [2.24, 2.45) is 0 Å². The Labute approximate surface area is 90.7 Å². The summed E-state index contributed by atoms with van der Waals surface area (Å²) in [6, 6.07) is 0. The van der Waals surface area contributed by atoms with Gasteiger partial charge in [0.05, 0.1) is 0 Å². The van der Waals surface area contributed by atoms with Crippen molar-refractivity contribution >= 4 is 29.6 Å². The van der Waals surface area contributed by atoms with E-state index in [9.17, 15) is 9.59 Å². The second-order valence-electron chi connectivity index (χ2n) is 2.69. The molecule has 2 heterocycles. The van der Waals surface area contributed by atoms with E-state index in [4.69, 9.17) is 0 Å². The molecule has 0 saturated heterocycles. The Morgan fingerprint density at radius 2 is 1.42 bits per heavy atom. The van der Waals surface area contributed by atoms with Crippen LogP contribution >= 0.6 is 0 Å². The van der Waals surface area contributed by atoms with Crippen LogP contribution in [0, 0.1) is 0 Å². The molecule has 5 nitrogen and oxygen atoms in total. The van der Waals surface area contributed by atoms with Crippen LogP contribution in [0.3, 0.4) is 0 Å². The molecule has 12 heavy (non-hydrogen) atoms. The van der Waals surface area contributed by atoms with E-state index in [1.807, 2.05) is 0 Å². The van der Waals surface area contributed by atoms with Gasteiger partial charge in [0.2, 0.25) is 0 Å². The van der Waals surface area contributed by atoms with Crippen molar-refractivity contribution in [2.45, 2.75) is 25.9 Å². The summed E-state index contributed by atoms with van der Waals surface area (Å²) in [5.41, 5.74) is -0.565. The van der Waals surface area contributed by atoms with Crippen LogP contribution in [0.4, 0.5) is 0 Å². The molecule has 6 heteroatoms. The fourth-order valence-electron chi connectivity index (χ4n) is 1.41. The van der Waals surface area contributed by atoms with Crippen LogP contribution in [-0.4, -0.2) is 43.9 Å². The van der Waals surface area contributed by atoms with Crippen molar-refractivity contribution in [3.8, 4) is 0 Å². The molecule has 62 valence electrons. The molecular formula is C6H10N3NaO2. The summed E-state index contributed by atoms with van der Waals surface area (Å²) in [5.74, 6) is 0. The molecule has 0 atom stereocenters. The number of rotatable bonds is 0. The first kappa shape index (κ1) is 9.83. The van der Waals surface area contributed by atoms with Crippen molar-refractivity contribution < 1.29 is 0 Å². The van der Waals surface area contributed by atoms with Gasteiger partial charge in [-0.15, -0.1) is 0 Å². The molecule has 0 saturated carbocycles. The Hall–Kier alpha value is -0.260. The van der Waals surface area contributed by atoms with E-state index in [1.165, 1.54) is 9.36 Å². The Balaban J connectivity index is 0.000000720. The molecule has 1 aromatic rings. The van der Waals surface area contributed by atoms with E-state index in [-0.39, 0.29) is 40.9 Å².